The van der Waals surface area contributed by atoms with Crippen molar-refractivity contribution in [3.63, 3.8) is 0 Å². The van der Waals surface area contributed by atoms with E-state index in [0.717, 1.165) is 22.7 Å². The molecule has 0 saturated carbocycles. The average molecular weight is 236 g/mol. The Morgan fingerprint density at radius 3 is 1.85 bits per heavy atom. The first-order valence-electron chi connectivity index (χ1n) is 2.90. The zero-order valence-electron chi connectivity index (χ0n) is 5.77. The molecule has 2 heterocycles. The van der Waals surface area contributed by atoms with Crippen molar-refractivity contribution >= 4 is 47.2 Å². The minimum Gasteiger partial charge on any atom is -0.378 e. The quantitative estimate of drug-likeness (QED) is 0.392. The van der Waals surface area contributed by atoms with Crippen LogP contribution in [-0.4, -0.2) is 12.3 Å². The number of hydrogen-bond acceptors (Lipinski definition) is 8. The highest BCUT2D eigenvalue weighted by molar-refractivity contribution is 7.76. The molecule has 8 heteroatoms. The van der Waals surface area contributed by atoms with Crippen LogP contribution in [0.2, 0.25) is 0 Å². The van der Waals surface area contributed by atoms with Crippen molar-refractivity contribution in [1.82, 2.24) is 0 Å². The highest BCUT2D eigenvalue weighted by atomic mass is 32.2. The van der Waals surface area contributed by atoms with Gasteiger partial charge in [0, 0.05) is 0 Å². The van der Waals surface area contributed by atoms with Crippen LogP contribution in [0.5, 0.6) is 10.1 Å². The zero-order valence-corrected chi connectivity index (χ0v) is 8.22. The highest BCUT2D eigenvalue weighted by Crippen LogP contribution is 2.41. The number of rotatable bonds is 0. The van der Waals surface area contributed by atoms with E-state index in [4.69, 9.17) is 12.2 Å². The van der Waals surface area contributed by atoms with Crippen LogP contribution in [0.3, 0.4) is 0 Å². The molecule has 0 aromatic carbocycles. The first-order valence-corrected chi connectivity index (χ1v) is 4.94. The predicted molar refractivity (Wildman–Crippen MR) is 46.2 cm³/mol. The van der Waals surface area contributed by atoms with Gasteiger partial charge in [-0.1, -0.05) is 34.9 Å². The Morgan fingerprint density at radius 2 is 1.38 bits per heavy atom. The summed E-state index contributed by atoms with van der Waals surface area (Å²) < 4.78 is 13.8. The van der Waals surface area contributed by atoms with E-state index in [1.54, 1.807) is 0 Å². The first kappa shape index (κ1) is 8.60. The molecule has 1 aliphatic heterocycles. The molecule has 0 bridgehead atoms. The fourth-order valence-corrected chi connectivity index (χ4v) is 2.74. The monoisotopic (exact) mass is 236 g/mol. The normalized spacial score (nSPS) is 15.1. The summed E-state index contributed by atoms with van der Waals surface area (Å²) in [4.78, 5) is 21.4. The molecule has 0 N–H and O–H groups in total. The molecule has 0 atom stereocenters. The molecular formula is C5O5S3. The van der Waals surface area contributed by atoms with Gasteiger partial charge < -0.3 is 14.2 Å². The number of carbonyl (C=O) groups excluding carboxylic acids is 2. The van der Waals surface area contributed by atoms with Gasteiger partial charge in [-0.3, -0.25) is 0 Å². The van der Waals surface area contributed by atoms with Gasteiger partial charge in [-0.2, -0.15) is 0 Å². The van der Waals surface area contributed by atoms with Crippen LogP contribution in [-0.2, 0) is 4.74 Å². The van der Waals surface area contributed by atoms with Crippen LogP contribution in [0.1, 0.15) is 0 Å². The Balaban J connectivity index is 2.48. The maximum Gasteiger partial charge on any atom is 0.525 e. The number of fused-ring (bicyclic) bond motifs is 1. The lowest BCUT2D eigenvalue weighted by Gasteiger charge is -1.92. The van der Waals surface area contributed by atoms with Crippen molar-refractivity contribution in [3.8, 4) is 10.1 Å². The summed E-state index contributed by atoms with van der Waals surface area (Å²) in [5.74, 6) is 0. The van der Waals surface area contributed by atoms with Crippen LogP contribution in [0, 0.1) is 3.14 Å². The smallest absolute Gasteiger partial charge is 0.378 e. The van der Waals surface area contributed by atoms with Gasteiger partial charge in [0.1, 0.15) is 0 Å². The molecule has 0 saturated heterocycles. The van der Waals surface area contributed by atoms with Crippen molar-refractivity contribution in [2.24, 2.45) is 0 Å². The molecule has 1 aromatic rings. The Bertz CT molecular complexity index is 393. The topological polar surface area (TPSA) is 61.8 Å². The van der Waals surface area contributed by atoms with Crippen molar-refractivity contribution in [3.05, 3.63) is 3.14 Å². The van der Waals surface area contributed by atoms with Crippen molar-refractivity contribution < 1.29 is 23.8 Å². The molecule has 1 aromatic heterocycles. The molecule has 0 spiro atoms. The Kier molecular flexibility index (Phi) is 2.02. The Labute approximate surface area is 84.5 Å². The second-order valence-electron chi connectivity index (χ2n) is 1.84. The van der Waals surface area contributed by atoms with E-state index in [0.29, 0.717) is 3.14 Å². The lowest BCUT2D eigenvalue weighted by Crippen LogP contribution is -2.14. The van der Waals surface area contributed by atoms with E-state index in [-0.39, 0.29) is 10.1 Å². The van der Waals surface area contributed by atoms with Crippen LogP contribution in [0.15, 0.2) is 0 Å². The largest absolute Gasteiger partial charge is 0.525 e. The molecule has 2 rings (SSSR count). The molecule has 5 nitrogen and oxygen atoms in total. The molecule has 0 radical (unpaired) electrons. The fraction of sp³-hybridized carbons (Fsp3) is 0. The standard InChI is InChI=1S/C5O5S3/c6-3-8-1-2(9-4(7)10-3)13-5(11)12-1. The zero-order chi connectivity index (χ0) is 9.42. The summed E-state index contributed by atoms with van der Waals surface area (Å²) >= 11 is 6.90. The third-order valence-electron chi connectivity index (χ3n) is 1.04. The molecule has 0 unspecified atom stereocenters. The number of hydrogen-bond donors (Lipinski definition) is 0. The van der Waals surface area contributed by atoms with Crippen LogP contribution in [0.25, 0.3) is 0 Å². The summed E-state index contributed by atoms with van der Waals surface area (Å²) in [5, 5.41) is 0.316. The fourth-order valence-electron chi connectivity index (χ4n) is 0.642. The SMILES string of the molecule is O=C1OC(=O)Oc2sc(=S)sc2O1. The van der Waals surface area contributed by atoms with E-state index in [1.165, 1.54) is 0 Å². The summed E-state index contributed by atoms with van der Waals surface area (Å²) in [6, 6.07) is 0. The van der Waals surface area contributed by atoms with Crippen molar-refractivity contribution in [2.45, 2.75) is 0 Å². The summed E-state index contributed by atoms with van der Waals surface area (Å²) in [5.41, 5.74) is 0. The van der Waals surface area contributed by atoms with Gasteiger partial charge in [0.15, 0.2) is 3.14 Å². The lowest BCUT2D eigenvalue weighted by molar-refractivity contribution is 0.100. The second-order valence-corrected chi connectivity index (χ2v) is 4.99. The van der Waals surface area contributed by atoms with Crippen LogP contribution >= 0.6 is 34.9 Å². The average Bonchev–Trinajstić information content (AvgIpc) is 2.24. The third-order valence-corrected chi connectivity index (χ3v) is 3.41. The van der Waals surface area contributed by atoms with Gasteiger partial charge in [-0.15, -0.1) is 0 Å². The van der Waals surface area contributed by atoms with Gasteiger partial charge in [0.2, 0.25) is 10.1 Å². The van der Waals surface area contributed by atoms with Gasteiger partial charge in [-0.05, 0) is 0 Å². The van der Waals surface area contributed by atoms with Gasteiger partial charge in [0.25, 0.3) is 0 Å². The van der Waals surface area contributed by atoms with Crippen molar-refractivity contribution in [2.75, 3.05) is 0 Å². The van der Waals surface area contributed by atoms with Crippen LogP contribution < -0.4 is 9.47 Å². The van der Waals surface area contributed by atoms with E-state index in [9.17, 15) is 9.59 Å². The molecule has 1 aliphatic rings. The lowest BCUT2D eigenvalue weighted by atomic mass is 10.9. The van der Waals surface area contributed by atoms with E-state index in [2.05, 4.69) is 14.2 Å². The number of ether oxygens (including phenoxy) is 3. The Morgan fingerprint density at radius 1 is 0.923 bits per heavy atom. The molecule has 13 heavy (non-hydrogen) atoms. The number of cyclic esters (lactones) is 2. The molecular weight excluding hydrogens is 236 g/mol. The minimum atomic E-state index is -1.10. The second kappa shape index (κ2) is 3.05. The summed E-state index contributed by atoms with van der Waals surface area (Å²) in [6.45, 7) is 0. The maximum atomic E-state index is 10.7. The molecule has 0 aliphatic carbocycles. The maximum absolute atomic E-state index is 10.7. The predicted octanol–water partition coefficient (Wildman–Crippen LogP) is 2.57. The van der Waals surface area contributed by atoms with Crippen molar-refractivity contribution in [1.29, 1.82) is 0 Å². The molecule has 0 fully saturated rings. The first-order chi connectivity index (χ1) is 6.15. The number of carbonyl (C=O) groups is 2. The van der Waals surface area contributed by atoms with Gasteiger partial charge in [0.05, 0.1) is 0 Å². The van der Waals surface area contributed by atoms with Gasteiger partial charge >= 0.3 is 12.3 Å². The molecule has 0 amide bonds. The minimum absolute atomic E-state index is 0.158. The summed E-state index contributed by atoms with van der Waals surface area (Å²) in [7, 11) is 0. The third kappa shape index (κ3) is 1.69. The van der Waals surface area contributed by atoms with E-state index < -0.39 is 12.3 Å². The highest BCUT2D eigenvalue weighted by Gasteiger charge is 2.26. The molecule has 68 valence electrons. The van der Waals surface area contributed by atoms with Gasteiger partial charge in [-0.25, -0.2) is 9.59 Å². The Hall–Kier alpha value is -0.990. The summed E-state index contributed by atoms with van der Waals surface area (Å²) in [6.07, 6.45) is -2.21. The van der Waals surface area contributed by atoms with E-state index >= 15 is 0 Å². The van der Waals surface area contributed by atoms with E-state index in [1.807, 2.05) is 0 Å². The van der Waals surface area contributed by atoms with Crippen LogP contribution in [0.4, 0.5) is 9.59 Å².